The predicted octanol–water partition coefficient (Wildman–Crippen LogP) is 1.20. The Balaban J connectivity index is 0. The molecule has 1 atom stereocenters. The fraction of sp³-hybridized carbons (Fsp3) is 0.875. The summed E-state index contributed by atoms with van der Waals surface area (Å²) in [4.78, 5) is 11.1. The van der Waals surface area contributed by atoms with Crippen molar-refractivity contribution in [2.45, 2.75) is 20.8 Å². The molecule has 3 nitrogen and oxygen atoms in total. The van der Waals surface area contributed by atoms with Gasteiger partial charge in [-0.2, -0.15) is 0 Å². The topological polar surface area (TPSA) is 52.3 Å². The molecule has 0 amide bonds. The lowest BCUT2D eigenvalue weighted by atomic mass is 9.96. The Morgan fingerprint density at radius 1 is 1.50 bits per heavy atom. The van der Waals surface area contributed by atoms with Crippen molar-refractivity contribution in [2.75, 3.05) is 13.2 Å². The number of carbonyl (C=O) groups excluding carboxylic acids is 1. The van der Waals surface area contributed by atoms with Gasteiger partial charge in [-0.3, -0.25) is 4.79 Å². The van der Waals surface area contributed by atoms with Crippen molar-refractivity contribution >= 4 is 18.4 Å². The maximum Gasteiger partial charge on any atom is 0.310 e. The molecule has 1 unspecified atom stereocenters. The van der Waals surface area contributed by atoms with E-state index in [1.165, 1.54) is 0 Å². The summed E-state index contributed by atoms with van der Waals surface area (Å²) in [5.74, 6) is -0.0565. The first-order valence-corrected chi connectivity index (χ1v) is 4.00. The molecule has 0 saturated heterocycles. The third-order valence-electron chi connectivity index (χ3n) is 1.65. The summed E-state index contributed by atoms with van der Waals surface area (Å²) in [6.45, 7) is 6.53. The maximum atomic E-state index is 11.1. The summed E-state index contributed by atoms with van der Waals surface area (Å²) in [7, 11) is 0. The SMILES string of the molecule is CCOC(=O)C(CN)C(C)C.Cl. The van der Waals surface area contributed by atoms with Gasteiger partial charge in [-0.05, 0) is 12.8 Å². The van der Waals surface area contributed by atoms with Crippen LogP contribution in [0.5, 0.6) is 0 Å². The van der Waals surface area contributed by atoms with Gasteiger partial charge in [-0.1, -0.05) is 13.8 Å². The molecule has 0 aliphatic heterocycles. The van der Waals surface area contributed by atoms with E-state index in [-0.39, 0.29) is 30.2 Å². The van der Waals surface area contributed by atoms with Crippen LogP contribution in [0, 0.1) is 11.8 Å². The molecule has 0 bridgehead atoms. The van der Waals surface area contributed by atoms with Gasteiger partial charge < -0.3 is 10.5 Å². The molecule has 0 aliphatic rings. The van der Waals surface area contributed by atoms with E-state index in [2.05, 4.69) is 0 Å². The van der Waals surface area contributed by atoms with E-state index in [1.54, 1.807) is 6.92 Å². The molecule has 12 heavy (non-hydrogen) atoms. The average Bonchev–Trinajstić information content (AvgIpc) is 1.88. The van der Waals surface area contributed by atoms with Crippen molar-refractivity contribution in [1.82, 2.24) is 0 Å². The number of carbonyl (C=O) groups is 1. The number of ether oxygens (including phenoxy) is 1. The van der Waals surface area contributed by atoms with Crippen LogP contribution in [-0.2, 0) is 9.53 Å². The molecule has 0 aromatic heterocycles. The highest BCUT2D eigenvalue weighted by Gasteiger charge is 2.21. The Morgan fingerprint density at radius 3 is 2.25 bits per heavy atom. The number of hydrogen-bond acceptors (Lipinski definition) is 3. The predicted molar refractivity (Wildman–Crippen MR) is 51.3 cm³/mol. The number of hydrogen-bond donors (Lipinski definition) is 1. The van der Waals surface area contributed by atoms with Crippen LogP contribution in [0.25, 0.3) is 0 Å². The molecule has 0 heterocycles. The molecule has 0 aromatic rings. The van der Waals surface area contributed by atoms with E-state index in [0.29, 0.717) is 13.2 Å². The molecule has 0 fully saturated rings. The van der Waals surface area contributed by atoms with Gasteiger partial charge in [-0.15, -0.1) is 12.4 Å². The van der Waals surface area contributed by atoms with Gasteiger partial charge in [0.1, 0.15) is 0 Å². The van der Waals surface area contributed by atoms with Crippen molar-refractivity contribution in [1.29, 1.82) is 0 Å². The van der Waals surface area contributed by atoms with Crippen LogP contribution < -0.4 is 5.73 Å². The van der Waals surface area contributed by atoms with Crippen molar-refractivity contribution in [3.63, 3.8) is 0 Å². The molecule has 0 spiro atoms. The van der Waals surface area contributed by atoms with E-state index in [0.717, 1.165) is 0 Å². The van der Waals surface area contributed by atoms with Gasteiger partial charge in [0.05, 0.1) is 12.5 Å². The second kappa shape index (κ2) is 7.37. The zero-order valence-electron chi connectivity index (χ0n) is 7.87. The van der Waals surface area contributed by atoms with Crippen molar-refractivity contribution in [2.24, 2.45) is 17.6 Å². The van der Waals surface area contributed by atoms with E-state index in [9.17, 15) is 4.79 Å². The molecule has 0 radical (unpaired) electrons. The zero-order valence-corrected chi connectivity index (χ0v) is 8.69. The van der Waals surface area contributed by atoms with Gasteiger partial charge in [0.25, 0.3) is 0 Å². The largest absolute Gasteiger partial charge is 0.466 e. The molecule has 0 aliphatic carbocycles. The first kappa shape index (κ1) is 14.3. The van der Waals surface area contributed by atoms with E-state index >= 15 is 0 Å². The summed E-state index contributed by atoms with van der Waals surface area (Å²) < 4.78 is 4.84. The quantitative estimate of drug-likeness (QED) is 0.686. The highest BCUT2D eigenvalue weighted by atomic mass is 35.5. The molecule has 2 N–H and O–H groups in total. The minimum Gasteiger partial charge on any atom is -0.466 e. The monoisotopic (exact) mass is 195 g/mol. The molecule has 0 rings (SSSR count). The summed E-state index contributed by atoms with van der Waals surface area (Å²) >= 11 is 0. The third kappa shape index (κ3) is 4.57. The maximum absolute atomic E-state index is 11.1. The van der Waals surface area contributed by atoms with Gasteiger partial charge >= 0.3 is 5.97 Å². The smallest absolute Gasteiger partial charge is 0.310 e. The van der Waals surface area contributed by atoms with Crippen LogP contribution in [0.15, 0.2) is 0 Å². The molecule has 0 saturated carbocycles. The first-order chi connectivity index (χ1) is 5.13. The minimum atomic E-state index is -0.176. The van der Waals surface area contributed by atoms with Gasteiger partial charge in [0, 0.05) is 6.54 Å². The van der Waals surface area contributed by atoms with Crippen LogP contribution in [0.3, 0.4) is 0 Å². The first-order valence-electron chi connectivity index (χ1n) is 4.00. The van der Waals surface area contributed by atoms with Crippen molar-refractivity contribution in [3.05, 3.63) is 0 Å². The van der Waals surface area contributed by atoms with Crippen LogP contribution in [0.1, 0.15) is 20.8 Å². The Labute approximate surface area is 80.1 Å². The lowest BCUT2D eigenvalue weighted by Gasteiger charge is -2.16. The van der Waals surface area contributed by atoms with E-state index < -0.39 is 0 Å². The van der Waals surface area contributed by atoms with Gasteiger partial charge in [0.15, 0.2) is 0 Å². The Bertz CT molecular complexity index is 128. The Kier molecular flexibility index (Phi) is 8.76. The molecule has 4 heteroatoms. The highest BCUT2D eigenvalue weighted by molar-refractivity contribution is 5.85. The number of esters is 1. The van der Waals surface area contributed by atoms with Crippen molar-refractivity contribution < 1.29 is 9.53 Å². The summed E-state index contributed by atoms with van der Waals surface area (Å²) in [6, 6.07) is 0. The van der Waals surface area contributed by atoms with Gasteiger partial charge in [0.2, 0.25) is 0 Å². The molecule has 0 aromatic carbocycles. The minimum absolute atomic E-state index is 0. The third-order valence-corrected chi connectivity index (χ3v) is 1.65. The fourth-order valence-electron chi connectivity index (χ4n) is 0.890. The number of nitrogens with two attached hydrogens (primary N) is 1. The second-order valence-electron chi connectivity index (χ2n) is 2.84. The van der Waals surface area contributed by atoms with Gasteiger partial charge in [-0.25, -0.2) is 0 Å². The van der Waals surface area contributed by atoms with Crippen LogP contribution >= 0.6 is 12.4 Å². The molecular formula is C8H18ClNO2. The highest BCUT2D eigenvalue weighted by Crippen LogP contribution is 2.10. The fourth-order valence-corrected chi connectivity index (χ4v) is 0.890. The van der Waals surface area contributed by atoms with Crippen LogP contribution in [-0.4, -0.2) is 19.1 Å². The second-order valence-corrected chi connectivity index (χ2v) is 2.84. The van der Waals surface area contributed by atoms with Crippen LogP contribution in [0.4, 0.5) is 0 Å². The molecular weight excluding hydrogens is 178 g/mol. The lowest BCUT2D eigenvalue weighted by molar-refractivity contribution is -0.149. The summed E-state index contributed by atoms with van der Waals surface area (Å²) in [6.07, 6.45) is 0. The lowest BCUT2D eigenvalue weighted by Crippen LogP contribution is -2.29. The zero-order chi connectivity index (χ0) is 8.85. The van der Waals surface area contributed by atoms with Crippen molar-refractivity contribution in [3.8, 4) is 0 Å². The normalized spacial score (nSPS) is 12.1. The van der Waals surface area contributed by atoms with E-state index in [4.69, 9.17) is 10.5 Å². The Morgan fingerprint density at radius 2 is 2.00 bits per heavy atom. The summed E-state index contributed by atoms with van der Waals surface area (Å²) in [5, 5.41) is 0. The van der Waals surface area contributed by atoms with Crippen LogP contribution in [0.2, 0.25) is 0 Å². The number of rotatable bonds is 4. The number of halogens is 1. The van der Waals surface area contributed by atoms with E-state index in [1.807, 2.05) is 13.8 Å². The average molecular weight is 196 g/mol. The standard InChI is InChI=1S/C8H17NO2.ClH/c1-4-11-8(10)7(5-9)6(2)3;/h6-7H,4-5,9H2,1-3H3;1H. The summed E-state index contributed by atoms with van der Waals surface area (Å²) in [5.41, 5.74) is 5.40. The molecule has 74 valence electrons. The Hall–Kier alpha value is -0.280.